The normalized spacial score (nSPS) is 10.4. The van der Waals surface area contributed by atoms with Crippen LogP contribution in [0.3, 0.4) is 0 Å². The van der Waals surface area contributed by atoms with Crippen molar-refractivity contribution in [3.8, 4) is 5.75 Å². The van der Waals surface area contributed by atoms with Gasteiger partial charge in [0.25, 0.3) is 0 Å². The molecule has 0 unspecified atom stereocenters. The summed E-state index contributed by atoms with van der Waals surface area (Å²) in [6.07, 6.45) is 0.977. The third-order valence-electron chi connectivity index (χ3n) is 3.68. The molecule has 2 aromatic rings. The lowest BCUT2D eigenvalue weighted by molar-refractivity contribution is -0.114. The topological polar surface area (TPSA) is 93.4 Å². The summed E-state index contributed by atoms with van der Waals surface area (Å²) in [7, 11) is 0. The molecule has 2 rings (SSSR count). The summed E-state index contributed by atoms with van der Waals surface area (Å²) in [6.45, 7) is 5.01. The Balaban J connectivity index is 1.85. The molecule has 2 aromatic carbocycles. The van der Waals surface area contributed by atoms with Crippen LogP contribution in [-0.4, -0.2) is 25.0 Å². The number of nitrogens with one attached hydrogen (secondary N) is 2. The van der Waals surface area contributed by atoms with E-state index in [4.69, 9.17) is 10.5 Å². The number of carbonyl (C=O) groups excluding carboxylic acids is 2. The second-order valence-corrected chi connectivity index (χ2v) is 6.41. The first-order valence-electron chi connectivity index (χ1n) is 8.60. The number of rotatable bonds is 9. The number of hydrogen-bond acceptors (Lipinski definition) is 4. The highest BCUT2D eigenvalue weighted by molar-refractivity contribution is 5.95. The van der Waals surface area contributed by atoms with E-state index in [0.717, 1.165) is 12.2 Å². The maximum atomic E-state index is 12.1. The first-order chi connectivity index (χ1) is 12.4. The Kier molecular flexibility index (Phi) is 7.02. The zero-order valence-electron chi connectivity index (χ0n) is 15.1. The molecule has 0 spiro atoms. The lowest BCUT2D eigenvalue weighted by Gasteiger charge is -2.11. The van der Waals surface area contributed by atoms with E-state index in [2.05, 4.69) is 24.5 Å². The molecule has 4 N–H and O–H groups in total. The van der Waals surface area contributed by atoms with E-state index in [9.17, 15) is 9.59 Å². The van der Waals surface area contributed by atoms with Crippen molar-refractivity contribution in [1.29, 1.82) is 0 Å². The summed E-state index contributed by atoms with van der Waals surface area (Å²) in [5.41, 5.74) is 6.96. The molecule has 0 aliphatic carbocycles. The van der Waals surface area contributed by atoms with Crippen LogP contribution in [0.4, 0.5) is 11.4 Å². The molecule has 2 amide bonds. The SMILES string of the molecule is CC(C)CCOc1cccc(NC(=O)CNc2cccc(C(N)=O)c2)c1. The van der Waals surface area contributed by atoms with Crippen LogP contribution in [0.1, 0.15) is 30.6 Å². The Labute approximate surface area is 153 Å². The summed E-state index contributed by atoms with van der Waals surface area (Å²) in [5.74, 6) is 0.601. The monoisotopic (exact) mass is 355 g/mol. The number of nitrogens with two attached hydrogens (primary N) is 1. The molecule has 0 radical (unpaired) electrons. The maximum Gasteiger partial charge on any atom is 0.248 e. The molecule has 6 heteroatoms. The minimum Gasteiger partial charge on any atom is -0.494 e. The first-order valence-corrected chi connectivity index (χ1v) is 8.60. The van der Waals surface area contributed by atoms with Gasteiger partial charge in [-0.1, -0.05) is 26.0 Å². The van der Waals surface area contributed by atoms with Crippen molar-refractivity contribution in [2.45, 2.75) is 20.3 Å². The van der Waals surface area contributed by atoms with Gasteiger partial charge in [-0.15, -0.1) is 0 Å². The van der Waals surface area contributed by atoms with Crippen molar-refractivity contribution in [3.05, 3.63) is 54.1 Å². The van der Waals surface area contributed by atoms with Crippen molar-refractivity contribution in [1.82, 2.24) is 0 Å². The van der Waals surface area contributed by atoms with Crippen LogP contribution >= 0.6 is 0 Å². The highest BCUT2D eigenvalue weighted by Gasteiger charge is 2.06. The second kappa shape index (κ2) is 9.46. The predicted molar refractivity (Wildman–Crippen MR) is 103 cm³/mol. The molecule has 0 fully saturated rings. The first kappa shape index (κ1) is 19.3. The van der Waals surface area contributed by atoms with Crippen LogP contribution in [0.2, 0.25) is 0 Å². The molecule has 0 bridgehead atoms. The number of amides is 2. The fourth-order valence-electron chi connectivity index (χ4n) is 2.25. The standard InChI is InChI=1S/C20H25N3O3/c1-14(2)9-10-26-18-8-4-7-17(12-18)23-19(24)13-22-16-6-3-5-15(11-16)20(21)25/h3-8,11-12,14,22H,9-10,13H2,1-2H3,(H2,21,25)(H,23,24). The van der Waals surface area contributed by atoms with E-state index in [0.29, 0.717) is 29.5 Å². The largest absolute Gasteiger partial charge is 0.494 e. The molecule has 0 aliphatic heterocycles. The number of carbonyl (C=O) groups is 2. The average Bonchev–Trinajstić information content (AvgIpc) is 2.60. The van der Waals surface area contributed by atoms with E-state index >= 15 is 0 Å². The number of anilines is 2. The van der Waals surface area contributed by atoms with E-state index in [1.807, 2.05) is 12.1 Å². The summed E-state index contributed by atoms with van der Waals surface area (Å²) < 4.78 is 5.69. The highest BCUT2D eigenvalue weighted by Crippen LogP contribution is 2.18. The lowest BCUT2D eigenvalue weighted by atomic mass is 10.1. The van der Waals surface area contributed by atoms with Crippen molar-refractivity contribution >= 4 is 23.2 Å². The molecule has 6 nitrogen and oxygen atoms in total. The smallest absolute Gasteiger partial charge is 0.248 e. The van der Waals surface area contributed by atoms with Gasteiger partial charge in [0.15, 0.2) is 0 Å². The average molecular weight is 355 g/mol. The molecular weight excluding hydrogens is 330 g/mol. The minimum absolute atomic E-state index is 0.0701. The second-order valence-electron chi connectivity index (χ2n) is 6.41. The highest BCUT2D eigenvalue weighted by atomic mass is 16.5. The van der Waals surface area contributed by atoms with Crippen LogP contribution in [-0.2, 0) is 4.79 Å². The molecule has 0 aromatic heterocycles. The lowest BCUT2D eigenvalue weighted by Crippen LogP contribution is -2.22. The summed E-state index contributed by atoms with van der Waals surface area (Å²) >= 11 is 0. The zero-order valence-corrected chi connectivity index (χ0v) is 15.1. The minimum atomic E-state index is -0.507. The Morgan fingerprint density at radius 1 is 1.08 bits per heavy atom. The van der Waals surface area contributed by atoms with Crippen molar-refractivity contribution < 1.29 is 14.3 Å². The van der Waals surface area contributed by atoms with Gasteiger partial charge >= 0.3 is 0 Å². The van der Waals surface area contributed by atoms with Crippen LogP contribution in [0.15, 0.2) is 48.5 Å². The van der Waals surface area contributed by atoms with Gasteiger partial charge in [0.1, 0.15) is 5.75 Å². The summed E-state index contributed by atoms with van der Waals surface area (Å²) in [5, 5.41) is 5.79. The number of ether oxygens (including phenoxy) is 1. The molecule has 138 valence electrons. The zero-order chi connectivity index (χ0) is 18.9. The van der Waals surface area contributed by atoms with Crippen molar-refractivity contribution in [2.75, 3.05) is 23.8 Å². The van der Waals surface area contributed by atoms with E-state index in [-0.39, 0.29) is 12.5 Å². The van der Waals surface area contributed by atoms with Gasteiger partial charge in [-0.2, -0.15) is 0 Å². The fourth-order valence-corrected chi connectivity index (χ4v) is 2.25. The fraction of sp³-hybridized carbons (Fsp3) is 0.300. The number of primary amides is 1. The van der Waals surface area contributed by atoms with E-state index < -0.39 is 5.91 Å². The van der Waals surface area contributed by atoms with Gasteiger partial charge in [-0.3, -0.25) is 9.59 Å². The van der Waals surface area contributed by atoms with Gasteiger partial charge in [0.2, 0.25) is 11.8 Å². The Hall–Kier alpha value is -3.02. The van der Waals surface area contributed by atoms with Crippen LogP contribution < -0.4 is 21.1 Å². The molecular formula is C20H25N3O3. The van der Waals surface area contributed by atoms with Gasteiger partial charge < -0.3 is 21.1 Å². The van der Waals surface area contributed by atoms with E-state index in [1.54, 1.807) is 36.4 Å². The van der Waals surface area contributed by atoms with Gasteiger partial charge in [0, 0.05) is 23.0 Å². The van der Waals surface area contributed by atoms with Gasteiger partial charge in [0.05, 0.1) is 13.2 Å². The van der Waals surface area contributed by atoms with Crippen LogP contribution in [0.25, 0.3) is 0 Å². The molecule has 0 aliphatic rings. The van der Waals surface area contributed by atoms with Gasteiger partial charge in [-0.05, 0) is 42.7 Å². The van der Waals surface area contributed by atoms with Crippen molar-refractivity contribution in [2.24, 2.45) is 11.7 Å². The maximum absolute atomic E-state index is 12.1. The molecule has 26 heavy (non-hydrogen) atoms. The Bertz CT molecular complexity index is 759. The van der Waals surface area contributed by atoms with Gasteiger partial charge in [-0.25, -0.2) is 0 Å². The number of benzene rings is 2. The predicted octanol–water partition coefficient (Wildman–Crippen LogP) is 3.26. The third kappa shape index (κ3) is 6.47. The third-order valence-corrected chi connectivity index (χ3v) is 3.68. The Morgan fingerprint density at radius 3 is 2.54 bits per heavy atom. The summed E-state index contributed by atoms with van der Waals surface area (Å²) in [4.78, 5) is 23.3. The molecule has 0 saturated carbocycles. The quantitative estimate of drug-likeness (QED) is 0.643. The van der Waals surface area contributed by atoms with E-state index in [1.165, 1.54) is 0 Å². The molecule has 0 heterocycles. The summed E-state index contributed by atoms with van der Waals surface area (Å²) in [6, 6.07) is 14.0. The molecule has 0 atom stereocenters. The van der Waals surface area contributed by atoms with Crippen LogP contribution in [0, 0.1) is 5.92 Å². The van der Waals surface area contributed by atoms with Crippen LogP contribution in [0.5, 0.6) is 5.75 Å². The number of hydrogen-bond donors (Lipinski definition) is 3. The molecule has 0 saturated heterocycles. The van der Waals surface area contributed by atoms with Crippen molar-refractivity contribution in [3.63, 3.8) is 0 Å². The Morgan fingerprint density at radius 2 is 1.81 bits per heavy atom.